The summed E-state index contributed by atoms with van der Waals surface area (Å²) >= 11 is 5.78. The molecule has 0 radical (unpaired) electrons. The Hall–Kier alpha value is -3.87. The Morgan fingerprint density at radius 3 is 2.71 bits per heavy atom. The lowest BCUT2D eigenvalue weighted by Gasteiger charge is -2.23. The fourth-order valence-corrected chi connectivity index (χ4v) is 4.13. The molecule has 3 N–H and O–H groups in total. The lowest BCUT2D eigenvalue weighted by atomic mass is 9.77. The summed E-state index contributed by atoms with van der Waals surface area (Å²) in [7, 11) is 0. The lowest BCUT2D eigenvalue weighted by molar-refractivity contribution is -0.119. The van der Waals surface area contributed by atoms with Crippen LogP contribution in [0.25, 0.3) is 17.2 Å². The van der Waals surface area contributed by atoms with Crippen LogP contribution in [0.5, 0.6) is 0 Å². The van der Waals surface area contributed by atoms with E-state index < -0.39 is 36.2 Å². The van der Waals surface area contributed by atoms with Crippen LogP contribution in [0, 0.1) is 5.82 Å². The second-order valence-electron chi connectivity index (χ2n) is 8.02. The Kier molecular flexibility index (Phi) is 5.31. The maximum Gasteiger partial charge on any atom is 0.269 e. The third-order valence-electron chi connectivity index (χ3n) is 5.84. The molecule has 1 aromatic carbocycles. The molecule has 0 bridgehead atoms. The first-order chi connectivity index (χ1) is 16.6. The van der Waals surface area contributed by atoms with Gasteiger partial charge in [-0.05, 0) is 24.6 Å². The normalized spacial score (nSPS) is 18.2. The molecule has 3 aromatic heterocycles. The molecule has 14 heteroatoms. The van der Waals surface area contributed by atoms with Crippen LogP contribution >= 0.6 is 11.6 Å². The highest BCUT2D eigenvalue weighted by molar-refractivity contribution is 6.30. The molecule has 9 nitrogen and oxygen atoms in total. The van der Waals surface area contributed by atoms with E-state index in [0.29, 0.717) is 0 Å². The third kappa shape index (κ3) is 3.62. The SMILES string of the molecule is CC1(c2ccc(Cl)c(F)c2)C(=O)Nc2nc(-c3cn4ncnc4c(CC(F)C(F)F)n3)nc(N)c21. The van der Waals surface area contributed by atoms with E-state index in [2.05, 4.69) is 30.4 Å². The molecule has 1 aliphatic heterocycles. The summed E-state index contributed by atoms with van der Waals surface area (Å²) in [4.78, 5) is 29.7. The zero-order valence-corrected chi connectivity index (χ0v) is 18.6. The van der Waals surface area contributed by atoms with Crippen molar-refractivity contribution < 1.29 is 22.4 Å². The molecule has 180 valence electrons. The van der Waals surface area contributed by atoms with Crippen molar-refractivity contribution in [1.82, 2.24) is 29.5 Å². The molecular weight excluding hydrogens is 492 g/mol. The number of aromatic nitrogens is 6. The van der Waals surface area contributed by atoms with Crippen molar-refractivity contribution in [3.05, 3.63) is 58.4 Å². The van der Waals surface area contributed by atoms with Gasteiger partial charge in [-0.15, -0.1) is 0 Å². The van der Waals surface area contributed by atoms with Gasteiger partial charge in [-0.1, -0.05) is 17.7 Å². The summed E-state index contributed by atoms with van der Waals surface area (Å²) in [6, 6.07) is 3.95. The van der Waals surface area contributed by atoms with Crippen LogP contribution < -0.4 is 11.1 Å². The minimum atomic E-state index is -3.21. The molecule has 0 spiro atoms. The number of nitrogen functional groups attached to an aromatic ring is 1. The summed E-state index contributed by atoms with van der Waals surface area (Å²) in [5.74, 6) is -1.34. The first kappa shape index (κ1) is 22.9. The van der Waals surface area contributed by atoms with E-state index in [1.807, 2.05) is 0 Å². The number of amides is 1. The summed E-state index contributed by atoms with van der Waals surface area (Å²) < 4.78 is 54.8. The van der Waals surface area contributed by atoms with E-state index in [1.54, 1.807) is 6.92 Å². The van der Waals surface area contributed by atoms with Gasteiger partial charge in [0.2, 0.25) is 5.91 Å². The second-order valence-corrected chi connectivity index (χ2v) is 8.43. The number of fused-ring (bicyclic) bond motifs is 2. The molecule has 5 rings (SSSR count). The van der Waals surface area contributed by atoms with Crippen LogP contribution in [0.15, 0.2) is 30.7 Å². The van der Waals surface area contributed by atoms with E-state index in [-0.39, 0.29) is 50.6 Å². The van der Waals surface area contributed by atoms with E-state index in [0.717, 1.165) is 12.4 Å². The van der Waals surface area contributed by atoms with E-state index >= 15 is 0 Å². The van der Waals surface area contributed by atoms with Crippen molar-refractivity contribution in [1.29, 1.82) is 0 Å². The van der Waals surface area contributed by atoms with Gasteiger partial charge in [-0.3, -0.25) is 4.79 Å². The van der Waals surface area contributed by atoms with E-state index in [9.17, 15) is 22.4 Å². The van der Waals surface area contributed by atoms with Crippen LogP contribution in [-0.2, 0) is 16.6 Å². The number of anilines is 2. The zero-order chi connectivity index (χ0) is 25.1. The molecule has 2 unspecified atom stereocenters. The Labute approximate surface area is 199 Å². The molecule has 0 saturated carbocycles. The number of rotatable bonds is 5. The fraction of sp³-hybridized carbons (Fsp3) is 0.238. The predicted molar refractivity (Wildman–Crippen MR) is 117 cm³/mol. The molecule has 0 saturated heterocycles. The minimum absolute atomic E-state index is 0.0364. The predicted octanol–water partition coefficient (Wildman–Crippen LogP) is 3.36. The Balaban J connectivity index is 1.62. The maximum absolute atomic E-state index is 14.1. The van der Waals surface area contributed by atoms with Crippen LogP contribution in [0.4, 0.5) is 29.2 Å². The molecule has 2 atom stereocenters. The molecule has 0 aliphatic carbocycles. The van der Waals surface area contributed by atoms with Crippen molar-refractivity contribution in [2.45, 2.75) is 31.4 Å². The molecule has 4 aromatic rings. The van der Waals surface area contributed by atoms with Gasteiger partial charge in [-0.25, -0.2) is 42.0 Å². The van der Waals surface area contributed by atoms with Gasteiger partial charge in [0.1, 0.15) is 34.9 Å². The highest BCUT2D eigenvalue weighted by atomic mass is 35.5. The number of carbonyl (C=O) groups excluding carboxylic acids is 1. The average molecular weight is 507 g/mol. The third-order valence-corrected chi connectivity index (χ3v) is 6.15. The number of nitrogens with one attached hydrogen (secondary N) is 1. The molecule has 1 aliphatic rings. The first-order valence-corrected chi connectivity index (χ1v) is 10.5. The number of hydrogen-bond donors (Lipinski definition) is 2. The number of benzene rings is 1. The highest BCUT2D eigenvalue weighted by Gasteiger charge is 2.48. The minimum Gasteiger partial charge on any atom is -0.383 e. The Morgan fingerprint density at radius 2 is 2.00 bits per heavy atom. The highest BCUT2D eigenvalue weighted by Crippen LogP contribution is 2.45. The standard InChI is InChI=1S/C21H15ClF4N8O/c1-21(8-2-3-9(22)10(23)4-8)14-16(27)31-17(32-18(14)33-20(21)35)13-6-34-19(28-7-29-34)12(30-13)5-11(24)15(25)26/h2-4,6-7,11,15H,5H2,1H3,(H3,27,31,32,33,35). The van der Waals surface area contributed by atoms with Gasteiger partial charge >= 0.3 is 0 Å². The molecule has 0 fully saturated rings. The number of alkyl halides is 3. The summed E-state index contributed by atoms with van der Waals surface area (Å²) in [6.45, 7) is 1.54. The number of hydrogen-bond acceptors (Lipinski definition) is 7. The summed E-state index contributed by atoms with van der Waals surface area (Å²) in [6.07, 6.45) is -3.86. The van der Waals surface area contributed by atoms with Crippen molar-refractivity contribution in [2.75, 3.05) is 11.1 Å². The summed E-state index contributed by atoms with van der Waals surface area (Å²) in [5, 5.41) is 6.47. The number of carbonyl (C=O) groups is 1. The average Bonchev–Trinajstić information content (AvgIpc) is 3.38. The van der Waals surface area contributed by atoms with E-state index in [1.165, 1.54) is 22.8 Å². The monoisotopic (exact) mass is 506 g/mol. The molecular formula is C21H15ClF4N8O. The first-order valence-electron chi connectivity index (χ1n) is 10.2. The molecule has 1 amide bonds. The Bertz CT molecular complexity index is 1500. The van der Waals surface area contributed by atoms with Gasteiger partial charge in [-0.2, -0.15) is 5.10 Å². The maximum atomic E-state index is 14.1. The smallest absolute Gasteiger partial charge is 0.269 e. The largest absolute Gasteiger partial charge is 0.383 e. The van der Waals surface area contributed by atoms with Gasteiger partial charge in [0.15, 0.2) is 17.6 Å². The van der Waals surface area contributed by atoms with Gasteiger partial charge in [0, 0.05) is 6.42 Å². The van der Waals surface area contributed by atoms with Gasteiger partial charge in [0.05, 0.1) is 22.5 Å². The molecule has 4 heterocycles. The quantitative estimate of drug-likeness (QED) is 0.398. The molecule has 35 heavy (non-hydrogen) atoms. The number of nitrogens with two attached hydrogens (primary N) is 1. The van der Waals surface area contributed by atoms with Crippen LogP contribution in [0.2, 0.25) is 5.02 Å². The number of halogens is 5. The van der Waals surface area contributed by atoms with Crippen LogP contribution in [-0.4, -0.2) is 48.1 Å². The topological polar surface area (TPSA) is 124 Å². The lowest BCUT2D eigenvalue weighted by Crippen LogP contribution is -2.33. The van der Waals surface area contributed by atoms with Crippen molar-refractivity contribution in [3.8, 4) is 11.5 Å². The van der Waals surface area contributed by atoms with Crippen molar-refractivity contribution >= 4 is 34.8 Å². The zero-order valence-electron chi connectivity index (χ0n) is 17.8. The Morgan fingerprint density at radius 1 is 1.23 bits per heavy atom. The van der Waals surface area contributed by atoms with E-state index in [4.69, 9.17) is 17.3 Å². The number of nitrogens with zero attached hydrogens (tertiary/aromatic N) is 6. The van der Waals surface area contributed by atoms with Gasteiger partial charge < -0.3 is 11.1 Å². The van der Waals surface area contributed by atoms with Gasteiger partial charge in [0.25, 0.3) is 6.43 Å². The van der Waals surface area contributed by atoms with Crippen LogP contribution in [0.1, 0.15) is 23.7 Å². The summed E-state index contributed by atoms with van der Waals surface area (Å²) in [5.41, 5.74) is 5.35. The van der Waals surface area contributed by atoms with Crippen molar-refractivity contribution in [2.24, 2.45) is 0 Å². The van der Waals surface area contributed by atoms with Crippen LogP contribution in [0.3, 0.4) is 0 Å². The fourth-order valence-electron chi connectivity index (χ4n) is 4.01. The second kappa shape index (κ2) is 8.12. The van der Waals surface area contributed by atoms with Crippen molar-refractivity contribution in [3.63, 3.8) is 0 Å².